The minimum atomic E-state index is 0.559. The van der Waals surface area contributed by atoms with Gasteiger partial charge in [-0.2, -0.15) is 0 Å². The molecule has 0 aliphatic carbocycles. The molecule has 0 saturated carbocycles. The summed E-state index contributed by atoms with van der Waals surface area (Å²) in [6.45, 7) is 0. The smallest absolute Gasteiger partial charge is 0.0483 e. The first-order valence-corrected chi connectivity index (χ1v) is 5.13. The number of alkyl halides is 1. The van der Waals surface area contributed by atoms with E-state index in [-0.39, 0.29) is 0 Å². The Hall–Kier alpha value is -1.21. The number of rotatable bonds is 2. The van der Waals surface area contributed by atoms with Gasteiger partial charge in [-0.05, 0) is 11.6 Å². The average molecular weight is 206 g/mol. The molecule has 0 saturated heterocycles. The third kappa shape index (κ3) is 1.55. The van der Waals surface area contributed by atoms with Crippen molar-refractivity contribution in [1.82, 2.24) is 4.57 Å². The molecule has 0 amide bonds. The zero-order valence-electron chi connectivity index (χ0n) is 8.07. The number of hydrogen-bond acceptors (Lipinski definition) is 0. The van der Waals surface area contributed by atoms with Crippen LogP contribution in [0.2, 0.25) is 0 Å². The molecule has 0 spiro atoms. The van der Waals surface area contributed by atoms with Crippen molar-refractivity contribution >= 4 is 28.6 Å². The second-order valence-corrected chi connectivity index (χ2v) is 3.58. The summed E-state index contributed by atoms with van der Waals surface area (Å²) in [4.78, 5) is 0. The number of para-hydroxylation sites is 1. The van der Waals surface area contributed by atoms with Crippen LogP contribution in [-0.4, -0.2) is 10.4 Å². The lowest BCUT2D eigenvalue weighted by Gasteiger charge is -1.92. The van der Waals surface area contributed by atoms with E-state index in [1.165, 1.54) is 16.5 Å². The summed E-state index contributed by atoms with van der Waals surface area (Å²) in [5.74, 6) is 0.559. The number of fused-ring (bicyclic) bond motifs is 1. The van der Waals surface area contributed by atoms with Crippen molar-refractivity contribution in [3.8, 4) is 0 Å². The average Bonchev–Trinajstić information content (AvgIpc) is 2.54. The van der Waals surface area contributed by atoms with E-state index in [2.05, 4.69) is 48.2 Å². The Labute approximate surface area is 88.6 Å². The molecule has 0 N–H and O–H groups in total. The van der Waals surface area contributed by atoms with Crippen LogP contribution in [0, 0.1) is 0 Å². The maximum absolute atomic E-state index is 5.62. The highest BCUT2D eigenvalue weighted by Gasteiger charge is 2.01. The van der Waals surface area contributed by atoms with E-state index in [1.54, 1.807) is 0 Å². The van der Waals surface area contributed by atoms with Crippen LogP contribution < -0.4 is 0 Å². The molecular weight excluding hydrogens is 194 g/mol. The molecular formula is C12H12ClN. The summed E-state index contributed by atoms with van der Waals surface area (Å²) in [6.07, 6.45) is 6.15. The summed E-state index contributed by atoms with van der Waals surface area (Å²) in [5.41, 5.74) is 2.48. The van der Waals surface area contributed by atoms with Gasteiger partial charge in [-0.15, -0.1) is 11.6 Å². The molecule has 0 unspecified atom stereocenters. The molecule has 1 nitrogen and oxygen atoms in total. The first kappa shape index (κ1) is 9.35. The Balaban J connectivity index is 2.61. The van der Waals surface area contributed by atoms with Crippen molar-refractivity contribution < 1.29 is 0 Å². The van der Waals surface area contributed by atoms with Crippen LogP contribution in [0.3, 0.4) is 0 Å². The fourth-order valence-corrected chi connectivity index (χ4v) is 1.77. The first-order chi connectivity index (χ1) is 6.83. The van der Waals surface area contributed by atoms with E-state index in [1.807, 2.05) is 6.08 Å². The van der Waals surface area contributed by atoms with Crippen LogP contribution in [0.5, 0.6) is 0 Å². The van der Waals surface area contributed by atoms with Gasteiger partial charge in [0, 0.05) is 30.0 Å². The molecule has 0 radical (unpaired) electrons. The molecule has 1 heterocycles. The SMILES string of the molecule is Cn1cc(C=CCCl)c2ccccc21. The van der Waals surface area contributed by atoms with Crippen LogP contribution in [0.1, 0.15) is 5.56 Å². The van der Waals surface area contributed by atoms with Crippen LogP contribution in [-0.2, 0) is 7.05 Å². The van der Waals surface area contributed by atoms with E-state index in [4.69, 9.17) is 11.6 Å². The highest BCUT2D eigenvalue weighted by molar-refractivity contribution is 6.19. The molecule has 0 aliphatic heterocycles. The predicted octanol–water partition coefficient (Wildman–Crippen LogP) is 3.43. The van der Waals surface area contributed by atoms with E-state index < -0.39 is 0 Å². The minimum Gasteiger partial charge on any atom is -0.350 e. The Morgan fingerprint density at radius 1 is 1.36 bits per heavy atom. The molecule has 0 aliphatic rings. The van der Waals surface area contributed by atoms with Crippen molar-refractivity contribution in [2.75, 3.05) is 5.88 Å². The zero-order chi connectivity index (χ0) is 9.97. The van der Waals surface area contributed by atoms with Gasteiger partial charge in [0.15, 0.2) is 0 Å². The molecule has 0 bridgehead atoms. The lowest BCUT2D eigenvalue weighted by molar-refractivity contribution is 0.968. The second-order valence-electron chi connectivity index (χ2n) is 3.27. The molecule has 1 aromatic heterocycles. The van der Waals surface area contributed by atoms with Crippen LogP contribution >= 0.6 is 11.6 Å². The quantitative estimate of drug-likeness (QED) is 0.662. The molecule has 2 heteroatoms. The standard InChI is InChI=1S/C12H12ClN/c1-14-9-10(5-4-8-13)11-6-2-3-7-12(11)14/h2-7,9H,8H2,1H3. The van der Waals surface area contributed by atoms with Gasteiger partial charge in [-0.1, -0.05) is 30.4 Å². The van der Waals surface area contributed by atoms with E-state index in [0.29, 0.717) is 5.88 Å². The minimum absolute atomic E-state index is 0.559. The Morgan fingerprint density at radius 3 is 2.93 bits per heavy atom. The number of hydrogen-bond donors (Lipinski definition) is 0. The molecule has 0 atom stereocenters. The number of allylic oxidation sites excluding steroid dienone is 1. The van der Waals surface area contributed by atoms with Crippen LogP contribution in [0.25, 0.3) is 17.0 Å². The fraction of sp³-hybridized carbons (Fsp3) is 0.167. The molecule has 72 valence electrons. The van der Waals surface area contributed by atoms with Gasteiger partial charge in [-0.25, -0.2) is 0 Å². The van der Waals surface area contributed by atoms with Gasteiger partial charge in [0.25, 0.3) is 0 Å². The lowest BCUT2D eigenvalue weighted by Crippen LogP contribution is -1.81. The van der Waals surface area contributed by atoms with E-state index in [9.17, 15) is 0 Å². The lowest BCUT2D eigenvalue weighted by atomic mass is 10.2. The molecule has 1 aromatic carbocycles. The molecule has 0 fully saturated rings. The second kappa shape index (κ2) is 3.89. The Kier molecular flexibility index (Phi) is 2.60. The van der Waals surface area contributed by atoms with Crippen molar-refractivity contribution in [1.29, 1.82) is 0 Å². The van der Waals surface area contributed by atoms with Gasteiger partial charge in [-0.3, -0.25) is 0 Å². The highest BCUT2D eigenvalue weighted by atomic mass is 35.5. The molecule has 2 aromatic rings. The maximum atomic E-state index is 5.62. The van der Waals surface area contributed by atoms with Gasteiger partial charge >= 0.3 is 0 Å². The number of halogens is 1. The summed E-state index contributed by atoms with van der Waals surface area (Å²) >= 11 is 5.62. The molecule has 2 rings (SSSR count). The number of benzene rings is 1. The topological polar surface area (TPSA) is 4.93 Å². The van der Waals surface area contributed by atoms with E-state index >= 15 is 0 Å². The zero-order valence-corrected chi connectivity index (χ0v) is 8.83. The number of aromatic nitrogens is 1. The summed E-state index contributed by atoms with van der Waals surface area (Å²) in [6, 6.07) is 8.36. The third-order valence-corrected chi connectivity index (χ3v) is 2.49. The van der Waals surface area contributed by atoms with Gasteiger partial charge in [0.2, 0.25) is 0 Å². The summed E-state index contributed by atoms with van der Waals surface area (Å²) in [5, 5.41) is 1.27. The monoisotopic (exact) mass is 205 g/mol. The number of aryl methyl sites for hydroxylation is 1. The summed E-state index contributed by atoms with van der Waals surface area (Å²) < 4.78 is 2.13. The summed E-state index contributed by atoms with van der Waals surface area (Å²) in [7, 11) is 2.06. The van der Waals surface area contributed by atoms with Gasteiger partial charge in [0.1, 0.15) is 0 Å². The van der Waals surface area contributed by atoms with Crippen LogP contribution in [0.4, 0.5) is 0 Å². The van der Waals surface area contributed by atoms with Crippen molar-refractivity contribution in [3.63, 3.8) is 0 Å². The van der Waals surface area contributed by atoms with Gasteiger partial charge < -0.3 is 4.57 Å². The first-order valence-electron chi connectivity index (χ1n) is 4.59. The van der Waals surface area contributed by atoms with Crippen molar-refractivity contribution in [2.24, 2.45) is 7.05 Å². The predicted molar refractivity (Wildman–Crippen MR) is 62.7 cm³/mol. The Bertz CT molecular complexity index is 468. The van der Waals surface area contributed by atoms with Crippen LogP contribution in [0.15, 0.2) is 36.5 Å². The Morgan fingerprint density at radius 2 is 2.14 bits per heavy atom. The maximum Gasteiger partial charge on any atom is 0.0483 e. The normalized spacial score (nSPS) is 11.6. The largest absolute Gasteiger partial charge is 0.350 e. The third-order valence-electron chi connectivity index (χ3n) is 2.31. The van der Waals surface area contributed by atoms with E-state index in [0.717, 1.165) is 0 Å². The van der Waals surface area contributed by atoms with Gasteiger partial charge in [0.05, 0.1) is 0 Å². The van der Waals surface area contributed by atoms with Crippen molar-refractivity contribution in [3.05, 3.63) is 42.1 Å². The van der Waals surface area contributed by atoms with Crippen molar-refractivity contribution in [2.45, 2.75) is 0 Å². The molecule has 14 heavy (non-hydrogen) atoms. The number of nitrogens with zero attached hydrogens (tertiary/aromatic N) is 1. The fourth-order valence-electron chi connectivity index (χ4n) is 1.68. The highest BCUT2D eigenvalue weighted by Crippen LogP contribution is 2.21.